The maximum atomic E-state index is 13.2. The molecule has 3 rings (SSSR count). The average Bonchev–Trinajstić information content (AvgIpc) is 2.92. The summed E-state index contributed by atoms with van der Waals surface area (Å²) in [6.07, 6.45) is 0. The number of hydrogen-bond donors (Lipinski definition) is 1. The highest BCUT2D eigenvalue weighted by atomic mass is 32.1. The van der Waals surface area contributed by atoms with Gasteiger partial charge in [-0.3, -0.25) is 0 Å². The number of nitrogens with one attached hydrogen (secondary N) is 1. The van der Waals surface area contributed by atoms with E-state index in [1.807, 2.05) is 12.1 Å². The molecule has 2 aromatic carbocycles. The molecule has 1 atom stereocenters. The fourth-order valence-corrected chi connectivity index (χ4v) is 3.33. The van der Waals surface area contributed by atoms with E-state index in [0.29, 0.717) is 6.54 Å². The minimum absolute atomic E-state index is 0.163. The van der Waals surface area contributed by atoms with Gasteiger partial charge >= 0.3 is 0 Å². The fourth-order valence-electron chi connectivity index (χ4n) is 2.24. The van der Waals surface area contributed by atoms with Crippen LogP contribution in [-0.4, -0.2) is 0 Å². The highest BCUT2D eigenvalue weighted by Gasteiger charge is 2.10. The molecule has 1 N–H and O–H groups in total. The van der Waals surface area contributed by atoms with Crippen molar-refractivity contribution < 1.29 is 8.78 Å². The van der Waals surface area contributed by atoms with Gasteiger partial charge in [0.25, 0.3) is 0 Å². The number of halogens is 2. The molecule has 3 aromatic rings. The van der Waals surface area contributed by atoms with E-state index < -0.39 is 11.6 Å². The van der Waals surface area contributed by atoms with Crippen molar-refractivity contribution in [1.29, 1.82) is 0 Å². The van der Waals surface area contributed by atoms with Crippen LogP contribution in [0.4, 0.5) is 8.78 Å². The molecule has 1 aromatic heterocycles. The van der Waals surface area contributed by atoms with Gasteiger partial charge in [0.1, 0.15) is 0 Å². The third kappa shape index (κ3) is 3.12. The molecule has 0 aliphatic rings. The fraction of sp³-hybridized carbons (Fsp3) is 0.176. The molecule has 108 valence electrons. The van der Waals surface area contributed by atoms with Crippen LogP contribution in [0.5, 0.6) is 0 Å². The zero-order valence-electron chi connectivity index (χ0n) is 11.6. The highest BCUT2D eigenvalue weighted by molar-refractivity contribution is 7.19. The maximum Gasteiger partial charge on any atom is 0.159 e. The Labute approximate surface area is 126 Å². The molecule has 1 nitrogen and oxygen atoms in total. The molecule has 1 heterocycles. The Morgan fingerprint density at radius 3 is 2.62 bits per heavy atom. The summed E-state index contributed by atoms with van der Waals surface area (Å²) in [5, 5.41) is 4.58. The molecule has 4 heteroatoms. The number of fused-ring (bicyclic) bond motifs is 1. The van der Waals surface area contributed by atoms with Crippen molar-refractivity contribution in [2.75, 3.05) is 0 Å². The van der Waals surface area contributed by atoms with E-state index >= 15 is 0 Å². The van der Waals surface area contributed by atoms with E-state index in [4.69, 9.17) is 0 Å². The first-order chi connectivity index (χ1) is 10.1. The highest BCUT2D eigenvalue weighted by Crippen LogP contribution is 2.29. The zero-order valence-corrected chi connectivity index (χ0v) is 12.4. The van der Waals surface area contributed by atoms with Gasteiger partial charge in [-0.15, -0.1) is 11.3 Å². The van der Waals surface area contributed by atoms with Crippen LogP contribution in [0.25, 0.3) is 10.1 Å². The Kier molecular flexibility index (Phi) is 3.99. The third-order valence-corrected chi connectivity index (χ3v) is 4.77. The Balaban J connectivity index is 1.70. The maximum absolute atomic E-state index is 13.2. The molecule has 0 saturated carbocycles. The average molecular weight is 303 g/mol. The van der Waals surface area contributed by atoms with Gasteiger partial charge in [-0.25, -0.2) is 8.78 Å². The number of hydrogen-bond acceptors (Lipinski definition) is 2. The van der Waals surface area contributed by atoms with Gasteiger partial charge in [-0.2, -0.15) is 0 Å². The van der Waals surface area contributed by atoms with Crippen molar-refractivity contribution in [3.8, 4) is 0 Å². The van der Waals surface area contributed by atoms with Crippen molar-refractivity contribution in [2.24, 2.45) is 0 Å². The monoisotopic (exact) mass is 303 g/mol. The first-order valence-corrected chi connectivity index (χ1v) is 7.61. The number of benzene rings is 2. The molecule has 0 radical (unpaired) electrons. The van der Waals surface area contributed by atoms with Gasteiger partial charge in [0.05, 0.1) is 0 Å². The molecule has 0 saturated heterocycles. The number of rotatable bonds is 4. The van der Waals surface area contributed by atoms with E-state index in [1.54, 1.807) is 17.4 Å². The third-order valence-electron chi connectivity index (χ3n) is 3.47. The van der Waals surface area contributed by atoms with Crippen LogP contribution < -0.4 is 5.32 Å². The topological polar surface area (TPSA) is 12.0 Å². The van der Waals surface area contributed by atoms with E-state index in [0.717, 1.165) is 11.6 Å². The Hall–Kier alpha value is -1.78. The van der Waals surface area contributed by atoms with Crippen molar-refractivity contribution >= 4 is 21.4 Å². The molecular formula is C17H15F2NS. The molecule has 21 heavy (non-hydrogen) atoms. The number of thiophene rings is 1. The summed E-state index contributed by atoms with van der Waals surface area (Å²) >= 11 is 1.75. The standard InChI is InChI=1S/C17H15F2NS/c1-11(17-9-13-4-2-3-5-16(13)21-17)20-10-12-6-7-14(18)15(19)8-12/h2-9,11,20H,10H2,1H3. The molecule has 0 amide bonds. The minimum Gasteiger partial charge on any atom is -0.305 e. The Morgan fingerprint density at radius 1 is 1.05 bits per heavy atom. The second-order valence-electron chi connectivity index (χ2n) is 5.04. The minimum atomic E-state index is -0.809. The molecule has 0 aliphatic heterocycles. The lowest BCUT2D eigenvalue weighted by atomic mass is 10.2. The van der Waals surface area contributed by atoms with Crippen LogP contribution in [0, 0.1) is 11.6 Å². The predicted octanol–water partition coefficient (Wildman–Crippen LogP) is 5.03. The van der Waals surface area contributed by atoms with Crippen LogP contribution in [0.3, 0.4) is 0 Å². The van der Waals surface area contributed by atoms with Crippen LogP contribution in [-0.2, 0) is 6.54 Å². The largest absolute Gasteiger partial charge is 0.305 e. The second-order valence-corrected chi connectivity index (χ2v) is 6.15. The van der Waals surface area contributed by atoms with E-state index in [-0.39, 0.29) is 6.04 Å². The SMILES string of the molecule is CC(NCc1ccc(F)c(F)c1)c1cc2ccccc2s1. The van der Waals surface area contributed by atoms with E-state index in [2.05, 4.69) is 30.4 Å². The lowest BCUT2D eigenvalue weighted by Crippen LogP contribution is -2.17. The first kappa shape index (κ1) is 14.2. The summed E-state index contributed by atoms with van der Waals surface area (Å²) in [5.74, 6) is -1.61. The predicted molar refractivity (Wildman–Crippen MR) is 83.4 cm³/mol. The molecule has 1 unspecified atom stereocenters. The summed E-state index contributed by atoms with van der Waals surface area (Å²) in [5.41, 5.74) is 0.738. The van der Waals surface area contributed by atoms with E-state index in [1.165, 1.54) is 21.0 Å². The lowest BCUT2D eigenvalue weighted by molar-refractivity contribution is 0.504. The van der Waals surface area contributed by atoms with Crippen molar-refractivity contribution in [3.05, 3.63) is 70.6 Å². The first-order valence-electron chi connectivity index (χ1n) is 6.79. The Bertz CT molecular complexity index is 733. The van der Waals surface area contributed by atoms with Crippen LogP contribution in [0.2, 0.25) is 0 Å². The van der Waals surface area contributed by atoms with Gasteiger partial charge in [-0.05, 0) is 42.1 Å². The van der Waals surface area contributed by atoms with Crippen LogP contribution in [0.15, 0.2) is 48.5 Å². The zero-order chi connectivity index (χ0) is 14.8. The quantitative estimate of drug-likeness (QED) is 0.713. The second kappa shape index (κ2) is 5.92. The lowest BCUT2D eigenvalue weighted by Gasteiger charge is -2.12. The summed E-state index contributed by atoms with van der Waals surface area (Å²) in [4.78, 5) is 1.23. The van der Waals surface area contributed by atoms with Gasteiger partial charge in [-0.1, -0.05) is 24.3 Å². The van der Waals surface area contributed by atoms with Crippen molar-refractivity contribution in [1.82, 2.24) is 5.32 Å². The summed E-state index contributed by atoms with van der Waals surface area (Å²) in [7, 11) is 0. The molecule has 0 aliphatic carbocycles. The van der Waals surface area contributed by atoms with Gasteiger partial charge in [0.2, 0.25) is 0 Å². The van der Waals surface area contributed by atoms with Gasteiger partial charge in [0.15, 0.2) is 11.6 Å². The summed E-state index contributed by atoms with van der Waals surface area (Å²) < 4.78 is 27.3. The molecule has 0 spiro atoms. The molecule has 0 fully saturated rings. The van der Waals surface area contributed by atoms with Gasteiger partial charge < -0.3 is 5.32 Å². The normalized spacial score (nSPS) is 12.7. The Morgan fingerprint density at radius 2 is 1.86 bits per heavy atom. The van der Waals surface area contributed by atoms with Crippen molar-refractivity contribution in [2.45, 2.75) is 19.5 Å². The van der Waals surface area contributed by atoms with Gasteiger partial charge in [0, 0.05) is 22.2 Å². The van der Waals surface area contributed by atoms with Crippen LogP contribution >= 0.6 is 11.3 Å². The summed E-state index contributed by atoms with van der Waals surface area (Å²) in [6.45, 7) is 2.58. The smallest absolute Gasteiger partial charge is 0.159 e. The van der Waals surface area contributed by atoms with E-state index in [9.17, 15) is 8.78 Å². The molecular weight excluding hydrogens is 288 g/mol. The molecule has 0 bridgehead atoms. The van der Waals surface area contributed by atoms with Crippen molar-refractivity contribution in [3.63, 3.8) is 0 Å². The summed E-state index contributed by atoms with van der Waals surface area (Å²) in [6, 6.07) is 14.6. The van der Waals surface area contributed by atoms with Crippen LogP contribution in [0.1, 0.15) is 23.4 Å².